The molecule has 1 unspecified atom stereocenters. The van der Waals surface area contributed by atoms with Crippen molar-refractivity contribution in [3.8, 4) is 5.75 Å². The van der Waals surface area contributed by atoms with Gasteiger partial charge in [0.1, 0.15) is 17.0 Å². The van der Waals surface area contributed by atoms with Crippen LogP contribution in [0, 0.1) is 13.8 Å². The van der Waals surface area contributed by atoms with Gasteiger partial charge in [0.05, 0.1) is 24.8 Å². The van der Waals surface area contributed by atoms with Gasteiger partial charge in [0.2, 0.25) is 0 Å². The van der Waals surface area contributed by atoms with Gasteiger partial charge < -0.3 is 14.5 Å². The van der Waals surface area contributed by atoms with Crippen LogP contribution in [0.15, 0.2) is 33.9 Å². The Balaban J connectivity index is 1.37. The van der Waals surface area contributed by atoms with Crippen LogP contribution in [-0.4, -0.2) is 61.4 Å². The molecule has 2 fully saturated rings. The molecule has 2 aromatic rings. The number of hydrogen-bond acceptors (Lipinski definition) is 7. The molecule has 9 heteroatoms. The molecule has 168 valence electrons. The fourth-order valence-corrected chi connectivity index (χ4v) is 5.18. The Hall–Kier alpha value is -3.36. The van der Waals surface area contributed by atoms with Crippen molar-refractivity contribution in [3.05, 3.63) is 46.8 Å². The second kappa shape index (κ2) is 7.65. The Morgan fingerprint density at radius 1 is 1.19 bits per heavy atom. The molecule has 1 saturated heterocycles. The summed E-state index contributed by atoms with van der Waals surface area (Å²) < 4.78 is 5.24. The number of nitrogens with zero attached hydrogens (tertiary/aromatic N) is 5. The highest BCUT2D eigenvalue weighted by molar-refractivity contribution is 6.09. The van der Waals surface area contributed by atoms with Crippen LogP contribution in [0.25, 0.3) is 0 Å². The highest BCUT2D eigenvalue weighted by Crippen LogP contribution is 2.43. The number of rotatable bonds is 5. The molecular weight excluding hydrogens is 410 g/mol. The summed E-state index contributed by atoms with van der Waals surface area (Å²) in [7, 11) is 0. The first-order valence-corrected chi connectivity index (χ1v) is 11.0. The molecule has 9 nitrogen and oxygen atoms in total. The quantitative estimate of drug-likeness (QED) is 0.722. The molecule has 1 aliphatic carbocycles. The molecule has 1 spiro atoms. The van der Waals surface area contributed by atoms with Crippen molar-refractivity contribution in [1.29, 1.82) is 0 Å². The fourth-order valence-electron chi connectivity index (χ4n) is 5.18. The second-order valence-corrected chi connectivity index (χ2v) is 8.93. The van der Waals surface area contributed by atoms with E-state index in [4.69, 9.17) is 4.52 Å². The summed E-state index contributed by atoms with van der Waals surface area (Å²) >= 11 is 0. The van der Waals surface area contributed by atoms with Crippen LogP contribution >= 0.6 is 0 Å². The molecule has 1 aromatic heterocycles. The number of aromatic hydroxyl groups is 1. The number of phenols is 1. The zero-order chi connectivity index (χ0) is 22.5. The summed E-state index contributed by atoms with van der Waals surface area (Å²) in [6, 6.07) is 6.16. The van der Waals surface area contributed by atoms with Gasteiger partial charge >= 0.3 is 6.03 Å². The standard InChI is InChI=1S/C23H27N5O4/c1-15-20(16(2)32-25-15)14-26-13-18(11-24-26)28-21(30)23(8-3-4-9-23)27(22(28)31)12-17-6-5-7-19(29)10-17/h5-7,10-11,18,29H,3-4,8-9,12-14H2,1-2H3. The predicted molar refractivity (Wildman–Crippen MR) is 116 cm³/mol. The van der Waals surface area contributed by atoms with Crippen molar-refractivity contribution in [2.45, 2.75) is 64.2 Å². The molecule has 1 saturated carbocycles. The molecule has 3 aliphatic rings. The van der Waals surface area contributed by atoms with Crippen LogP contribution in [0.1, 0.15) is 48.3 Å². The Labute approximate surface area is 186 Å². The first kappa shape index (κ1) is 20.5. The van der Waals surface area contributed by atoms with E-state index in [-0.39, 0.29) is 17.7 Å². The van der Waals surface area contributed by atoms with Gasteiger partial charge in [0, 0.05) is 18.3 Å². The fraction of sp³-hybridized carbons (Fsp3) is 0.478. The van der Waals surface area contributed by atoms with Gasteiger partial charge in [0.25, 0.3) is 5.91 Å². The SMILES string of the molecule is Cc1noc(C)c1CN1CC(N2C(=O)N(Cc3cccc(O)c3)C3(CCCC3)C2=O)C=N1. The number of hydrogen-bond donors (Lipinski definition) is 1. The normalized spacial score (nSPS) is 22.2. The van der Waals surface area contributed by atoms with Crippen molar-refractivity contribution in [1.82, 2.24) is 20.0 Å². The summed E-state index contributed by atoms with van der Waals surface area (Å²) in [6.07, 6.45) is 4.86. The molecule has 2 aliphatic heterocycles. The van der Waals surface area contributed by atoms with Crippen molar-refractivity contribution < 1.29 is 19.2 Å². The van der Waals surface area contributed by atoms with Gasteiger partial charge in [-0.15, -0.1) is 0 Å². The molecule has 5 rings (SSSR count). The first-order valence-electron chi connectivity index (χ1n) is 11.0. The smallest absolute Gasteiger partial charge is 0.328 e. The minimum Gasteiger partial charge on any atom is -0.508 e. The third-order valence-electron chi connectivity index (χ3n) is 6.91. The lowest BCUT2D eigenvalue weighted by molar-refractivity contribution is -0.133. The predicted octanol–water partition coefficient (Wildman–Crippen LogP) is 2.94. The van der Waals surface area contributed by atoms with Crippen molar-refractivity contribution in [2.24, 2.45) is 5.10 Å². The van der Waals surface area contributed by atoms with Crippen LogP contribution in [0.2, 0.25) is 0 Å². The molecule has 3 heterocycles. The maximum atomic E-state index is 13.6. The number of aryl methyl sites for hydroxylation is 2. The summed E-state index contributed by atoms with van der Waals surface area (Å²) in [5.41, 5.74) is 1.79. The molecule has 1 atom stereocenters. The number of phenolic OH excluding ortho intramolecular Hbond substituents is 1. The number of carbonyl (C=O) groups is 2. The summed E-state index contributed by atoms with van der Waals surface area (Å²) in [6.45, 7) is 5.01. The molecule has 3 amide bonds. The molecule has 0 radical (unpaired) electrons. The van der Waals surface area contributed by atoms with E-state index in [1.54, 1.807) is 29.3 Å². The maximum absolute atomic E-state index is 13.6. The number of imide groups is 1. The Kier molecular flexibility index (Phi) is 4.91. The van der Waals surface area contributed by atoms with Gasteiger partial charge in [-0.05, 0) is 44.4 Å². The average molecular weight is 438 g/mol. The highest BCUT2D eigenvalue weighted by Gasteiger charge is 2.59. The lowest BCUT2D eigenvalue weighted by atomic mass is 9.94. The van der Waals surface area contributed by atoms with E-state index < -0.39 is 11.6 Å². The second-order valence-electron chi connectivity index (χ2n) is 8.93. The summed E-state index contributed by atoms with van der Waals surface area (Å²) in [5.74, 6) is 0.767. The zero-order valence-electron chi connectivity index (χ0n) is 18.3. The van der Waals surface area contributed by atoms with E-state index in [2.05, 4.69) is 10.3 Å². The summed E-state index contributed by atoms with van der Waals surface area (Å²) in [5, 5.41) is 20.1. The van der Waals surface area contributed by atoms with E-state index in [0.717, 1.165) is 35.4 Å². The van der Waals surface area contributed by atoms with Gasteiger partial charge in [0.15, 0.2) is 0 Å². The third kappa shape index (κ3) is 3.23. The minimum absolute atomic E-state index is 0.129. The molecule has 1 aromatic carbocycles. The topological polar surface area (TPSA) is 102 Å². The van der Waals surface area contributed by atoms with E-state index in [1.165, 1.54) is 4.90 Å². The van der Waals surface area contributed by atoms with Crippen LogP contribution in [0.5, 0.6) is 5.75 Å². The zero-order valence-corrected chi connectivity index (χ0v) is 18.3. The lowest BCUT2D eigenvalue weighted by Crippen LogP contribution is -2.48. The number of amides is 3. The van der Waals surface area contributed by atoms with Crippen molar-refractivity contribution in [3.63, 3.8) is 0 Å². The van der Waals surface area contributed by atoms with E-state index in [9.17, 15) is 14.7 Å². The number of urea groups is 1. The minimum atomic E-state index is -0.800. The van der Waals surface area contributed by atoms with Crippen LogP contribution in [0.4, 0.5) is 4.79 Å². The van der Waals surface area contributed by atoms with Crippen LogP contribution < -0.4 is 0 Å². The number of hydrazone groups is 1. The van der Waals surface area contributed by atoms with Gasteiger partial charge in [-0.25, -0.2) is 4.79 Å². The van der Waals surface area contributed by atoms with E-state index >= 15 is 0 Å². The monoisotopic (exact) mass is 437 g/mol. The van der Waals surface area contributed by atoms with Crippen molar-refractivity contribution in [2.75, 3.05) is 6.54 Å². The average Bonchev–Trinajstić information content (AvgIpc) is 3.53. The highest BCUT2D eigenvalue weighted by atomic mass is 16.5. The molecular formula is C23H27N5O4. The molecule has 32 heavy (non-hydrogen) atoms. The Morgan fingerprint density at radius 2 is 1.97 bits per heavy atom. The third-order valence-corrected chi connectivity index (χ3v) is 6.91. The lowest BCUT2D eigenvalue weighted by Gasteiger charge is -2.31. The first-order chi connectivity index (χ1) is 15.4. The van der Waals surface area contributed by atoms with Crippen molar-refractivity contribution >= 4 is 18.2 Å². The van der Waals surface area contributed by atoms with E-state index in [0.29, 0.717) is 32.5 Å². The molecule has 1 N–H and O–H groups in total. The number of aromatic nitrogens is 1. The molecule has 0 bridgehead atoms. The van der Waals surface area contributed by atoms with Crippen LogP contribution in [0.3, 0.4) is 0 Å². The number of benzene rings is 1. The van der Waals surface area contributed by atoms with Gasteiger partial charge in [-0.1, -0.05) is 30.1 Å². The van der Waals surface area contributed by atoms with E-state index in [1.807, 2.05) is 24.9 Å². The summed E-state index contributed by atoms with van der Waals surface area (Å²) in [4.78, 5) is 30.3. The Morgan fingerprint density at radius 3 is 2.66 bits per heavy atom. The van der Waals surface area contributed by atoms with Gasteiger partial charge in [-0.2, -0.15) is 5.10 Å². The van der Waals surface area contributed by atoms with Gasteiger partial charge in [-0.3, -0.25) is 14.7 Å². The largest absolute Gasteiger partial charge is 0.508 e. The number of carbonyl (C=O) groups excluding carboxylic acids is 2. The maximum Gasteiger partial charge on any atom is 0.328 e. The van der Waals surface area contributed by atoms with Crippen LogP contribution in [-0.2, 0) is 17.9 Å². The Bertz CT molecular complexity index is 1070.